The zero-order chi connectivity index (χ0) is 20.9. The fourth-order valence-electron chi connectivity index (χ4n) is 2.53. The molecule has 156 valence electrons. The van der Waals surface area contributed by atoms with Gasteiger partial charge < -0.3 is 17.0 Å². The number of Topliss-reactive ketones (excluding diaryl/α,β-unsaturated/α-hetero) is 1. The molecule has 0 aliphatic rings. The molecule has 0 unspecified atom stereocenters. The minimum Gasteiger partial charge on any atom is -1.00 e. The van der Waals surface area contributed by atoms with Gasteiger partial charge in [-0.15, -0.1) is 4.83 Å². The van der Waals surface area contributed by atoms with Crippen LogP contribution in [0.5, 0.6) is 0 Å². The van der Waals surface area contributed by atoms with Gasteiger partial charge in [0.05, 0.1) is 4.90 Å². The first-order valence-electron chi connectivity index (χ1n) is 8.52. The molecule has 30 heavy (non-hydrogen) atoms. The number of rotatable bonds is 7. The lowest BCUT2D eigenvalue weighted by atomic mass is 10.1. The summed E-state index contributed by atoms with van der Waals surface area (Å²) in [5.41, 5.74) is 2.67. The fraction of sp³-hybridized carbons (Fsp3) is 0.0500. The number of hydrogen-bond donors (Lipinski definition) is 2. The van der Waals surface area contributed by atoms with Crippen LogP contribution in [0.4, 0.5) is 0 Å². The van der Waals surface area contributed by atoms with Crippen LogP contribution in [0, 0.1) is 0 Å². The number of pyridine rings is 1. The van der Waals surface area contributed by atoms with Gasteiger partial charge >= 0.3 is 0 Å². The Morgan fingerprint density at radius 1 is 0.900 bits per heavy atom. The summed E-state index contributed by atoms with van der Waals surface area (Å²) in [6, 6.07) is 19.3. The molecule has 0 bridgehead atoms. The number of ketones is 1. The monoisotopic (exact) mass is 509 g/mol. The van der Waals surface area contributed by atoms with Crippen LogP contribution < -0.4 is 31.8 Å². The van der Waals surface area contributed by atoms with Gasteiger partial charge in [-0.25, -0.2) is 8.42 Å². The van der Waals surface area contributed by atoms with Crippen molar-refractivity contribution in [2.45, 2.75) is 11.4 Å². The molecule has 0 atom stereocenters. The number of sulfonamides is 1. The first kappa shape index (κ1) is 23.7. The molecule has 1 aromatic heterocycles. The number of carbonyl (C=O) groups excluding carboxylic acids is 2. The van der Waals surface area contributed by atoms with Gasteiger partial charge in [0.25, 0.3) is 21.1 Å². The number of benzene rings is 2. The molecule has 2 aromatic carbocycles. The van der Waals surface area contributed by atoms with Crippen LogP contribution in [0.25, 0.3) is 0 Å². The van der Waals surface area contributed by atoms with Gasteiger partial charge in [0.2, 0.25) is 12.3 Å². The first-order valence-corrected chi connectivity index (χ1v) is 10.4. The Hall–Kier alpha value is -2.59. The van der Waals surface area contributed by atoms with E-state index in [0.29, 0.717) is 5.56 Å². The van der Waals surface area contributed by atoms with Crippen molar-refractivity contribution in [3.8, 4) is 0 Å². The zero-order valence-corrected chi connectivity index (χ0v) is 18.6. The van der Waals surface area contributed by atoms with E-state index in [4.69, 9.17) is 11.6 Å². The zero-order valence-electron chi connectivity index (χ0n) is 15.5. The average Bonchev–Trinajstić information content (AvgIpc) is 2.75. The Kier molecular flexibility index (Phi) is 8.24. The highest BCUT2D eigenvalue weighted by molar-refractivity contribution is 7.89. The van der Waals surface area contributed by atoms with E-state index in [9.17, 15) is 18.0 Å². The first-order chi connectivity index (χ1) is 13.9. The minimum atomic E-state index is -3.93. The molecule has 1 amide bonds. The molecule has 2 N–H and O–H groups in total. The van der Waals surface area contributed by atoms with Gasteiger partial charge in [0, 0.05) is 11.6 Å². The van der Waals surface area contributed by atoms with E-state index in [1.165, 1.54) is 22.8 Å². The second kappa shape index (κ2) is 10.4. The molecule has 0 spiro atoms. The third-order valence-corrected chi connectivity index (χ3v) is 5.69. The average molecular weight is 511 g/mol. The minimum absolute atomic E-state index is 0. The summed E-state index contributed by atoms with van der Waals surface area (Å²) in [7, 11) is -3.93. The van der Waals surface area contributed by atoms with Gasteiger partial charge in [-0.3, -0.25) is 15.0 Å². The summed E-state index contributed by atoms with van der Waals surface area (Å²) >= 11 is 6.27. The van der Waals surface area contributed by atoms with Crippen LogP contribution in [0.1, 0.15) is 20.7 Å². The van der Waals surface area contributed by atoms with Crippen molar-refractivity contribution < 1.29 is 39.6 Å². The van der Waals surface area contributed by atoms with Crippen molar-refractivity contribution in [1.82, 2.24) is 10.3 Å². The molecule has 1 heterocycles. The van der Waals surface area contributed by atoms with Gasteiger partial charge in [0.15, 0.2) is 6.20 Å². The third-order valence-electron chi connectivity index (χ3n) is 4.01. The van der Waals surface area contributed by atoms with Crippen molar-refractivity contribution in [3.05, 3.63) is 95.3 Å². The molecular weight excluding hydrogens is 494 g/mol. The number of carbonyl (C=O) groups is 2. The maximum atomic E-state index is 12.4. The van der Waals surface area contributed by atoms with Crippen molar-refractivity contribution in [2.75, 3.05) is 0 Å². The van der Waals surface area contributed by atoms with E-state index < -0.39 is 15.9 Å². The Balaban J connectivity index is 0.00000320. The SMILES string of the molecule is O=C(C[n+]1cccc(C(=O)NNS(=O)(=O)c2ccccc2)c1Cl)c1ccccc1.[Br-]. The van der Waals surface area contributed by atoms with E-state index in [1.807, 2.05) is 4.83 Å². The number of halogens is 2. The Morgan fingerprint density at radius 3 is 2.13 bits per heavy atom. The molecule has 0 aliphatic heterocycles. The van der Waals surface area contributed by atoms with Gasteiger partial charge in [-0.2, -0.15) is 4.57 Å². The predicted octanol–water partition coefficient (Wildman–Crippen LogP) is -0.862. The van der Waals surface area contributed by atoms with E-state index in [0.717, 1.165) is 0 Å². The molecule has 10 heteroatoms. The lowest BCUT2D eigenvalue weighted by molar-refractivity contribution is -0.681. The Bertz CT molecular complexity index is 1140. The van der Waals surface area contributed by atoms with Crippen LogP contribution in [0.2, 0.25) is 5.15 Å². The molecule has 3 aromatic rings. The van der Waals surface area contributed by atoms with Crippen LogP contribution in [0.3, 0.4) is 0 Å². The molecule has 0 saturated carbocycles. The topological polar surface area (TPSA) is 96.2 Å². The highest BCUT2D eigenvalue weighted by Crippen LogP contribution is 2.11. The smallest absolute Gasteiger partial charge is 0.288 e. The highest BCUT2D eigenvalue weighted by atomic mass is 79.9. The normalized spacial score (nSPS) is 10.7. The number of nitrogens with zero attached hydrogens (tertiary/aromatic N) is 1. The van der Waals surface area contributed by atoms with E-state index >= 15 is 0 Å². The van der Waals surface area contributed by atoms with Crippen molar-refractivity contribution in [2.24, 2.45) is 0 Å². The van der Waals surface area contributed by atoms with Crippen molar-refractivity contribution in [1.29, 1.82) is 0 Å². The van der Waals surface area contributed by atoms with E-state index in [-0.39, 0.29) is 44.9 Å². The number of nitrogens with one attached hydrogen (secondary N) is 2. The maximum Gasteiger partial charge on any atom is 0.288 e. The number of aromatic nitrogens is 1. The van der Waals surface area contributed by atoms with Crippen LogP contribution in [0.15, 0.2) is 83.9 Å². The summed E-state index contributed by atoms with van der Waals surface area (Å²) < 4.78 is 25.8. The lowest BCUT2D eigenvalue weighted by Gasteiger charge is -2.09. The van der Waals surface area contributed by atoms with Crippen molar-refractivity contribution >= 4 is 33.3 Å². The number of amides is 1. The predicted molar refractivity (Wildman–Crippen MR) is 107 cm³/mol. The Labute approximate surface area is 189 Å². The second-order valence-corrected chi connectivity index (χ2v) is 8.04. The summed E-state index contributed by atoms with van der Waals surface area (Å²) in [5, 5.41) is 0.00758. The van der Waals surface area contributed by atoms with E-state index in [2.05, 4.69) is 5.43 Å². The molecule has 0 fully saturated rings. The van der Waals surface area contributed by atoms with Crippen LogP contribution in [-0.2, 0) is 16.6 Å². The fourth-order valence-corrected chi connectivity index (χ4v) is 3.66. The molecular formula is C20H17BrClN3O4S. The molecule has 7 nitrogen and oxygen atoms in total. The summed E-state index contributed by atoms with van der Waals surface area (Å²) in [4.78, 5) is 26.8. The van der Waals surface area contributed by atoms with Gasteiger partial charge in [-0.1, -0.05) is 48.5 Å². The third kappa shape index (κ3) is 5.73. The maximum absolute atomic E-state index is 12.4. The largest absolute Gasteiger partial charge is 1.00 e. The van der Waals surface area contributed by atoms with E-state index in [1.54, 1.807) is 60.8 Å². The van der Waals surface area contributed by atoms with Gasteiger partial charge in [-0.05, 0) is 29.8 Å². The van der Waals surface area contributed by atoms with Crippen molar-refractivity contribution in [3.63, 3.8) is 0 Å². The summed E-state index contributed by atoms with van der Waals surface area (Å²) in [6.07, 6.45) is 1.56. The quantitative estimate of drug-likeness (QED) is 0.187. The van der Waals surface area contributed by atoms with Crippen LogP contribution >= 0.6 is 11.6 Å². The molecule has 0 aliphatic carbocycles. The summed E-state index contributed by atoms with van der Waals surface area (Å²) in [5.74, 6) is -0.934. The number of hydrogen-bond acceptors (Lipinski definition) is 4. The second-order valence-electron chi connectivity index (χ2n) is 6.00. The van der Waals surface area contributed by atoms with Crippen LogP contribution in [-0.4, -0.2) is 20.1 Å². The highest BCUT2D eigenvalue weighted by Gasteiger charge is 2.23. The summed E-state index contributed by atoms with van der Waals surface area (Å²) in [6.45, 7) is -0.0697. The standard InChI is InChI=1S/C20H16ClN3O4S.BrH/c21-19-17(20(26)22-23-29(27,28)16-10-5-2-6-11-16)12-7-13-24(19)14-18(25)15-8-3-1-4-9-15;/h1-13,23H,14H2;1H. The lowest BCUT2D eigenvalue weighted by Crippen LogP contribution is -3.00. The van der Waals surface area contributed by atoms with Gasteiger partial charge in [0.1, 0.15) is 5.56 Å². The number of hydrazine groups is 1. The molecule has 0 saturated heterocycles. The molecule has 3 rings (SSSR count). The Morgan fingerprint density at radius 2 is 1.50 bits per heavy atom. The molecule has 0 radical (unpaired) electrons.